The van der Waals surface area contributed by atoms with Crippen molar-refractivity contribution < 1.29 is 9.90 Å². The molecular weight excluding hydrogens is 336 g/mol. The Labute approximate surface area is 144 Å². The number of rotatable bonds is 4. The van der Waals surface area contributed by atoms with Crippen LogP contribution in [0.25, 0.3) is 0 Å². The van der Waals surface area contributed by atoms with E-state index in [0.717, 1.165) is 30.8 Å². The maximum atomic E-state index is 12.2. The van der Waals surface area contributed by atoms with E-state index in [-0.39, 0.29) is 5.91 Å². The average Bonchev–Trinajstić information content (AvgIpc) is 3.28. The first-order valence-electron chi connectivity index (χ1n) is 7.77. The number of aliphatic hydroxyl groups excluding tert-OH is 1. The molecule has 3 rings (SSSR count). The highest BCUT2D eigenvalue weighted by Crippen LogP contribution is 2.28. The number of halogens is 1. The zero-order chi connectivity index (χ0) is 16.4. The molecular formula is C15H21ClN4O2S. The first-order chi connectivity index (χ1) is 11.1. The van der Waals surface area contributed by atoms with Gasteiger partial charge in [-0.3, -0.25) is 9.79 Å². The Morgan fingerprint density at radius 1 is 1.52 bits per heavy atom. The third-order valence-corrected chi connectivity index (χ3v) is 5.46. The van der Waals surface area contributed by atoms with Crippen LogP contribution >= 0.6 is 22.9 Å². The number of piperazine rings is 1. The third kappa shape index (κ3) is 3.97. The SMILES string of the molecule is CN=C(NCC(O)c1ccc(Cl)s1)N1CCN(C2CC2)C(=O)C1. The number of aliphatic imine (C=N–C) groups is 1. The Balaban J connectivity index is 1.53. The highest BCUT2D eigenvalue weighted by atomic mass is 35.5. The highest BCUT2D eigenvalue weighted by molar-refractivity contribution is 7.16. The van der Waals surface area contributed by atoms with Crippen LogP contribution in [-0.4, -0.2) is 66.0 Å². The number of carbonyl (C=O) groups excluding carboxylic acids is 1. The maximum absolute atomic E-state index is 12.2. The monoisotopic (exact) mass is 356 g/mol. The van der Waals surface area contributed by atoms with Crippen molar-refractivity contribution in [2.24, 2.45) is 4.99 Å². The fraction of sp³-hybridized carbons (Fsp3) is 0.600. The van der Waals surface area contributed by atoms with Gasteiger partial charge in [0.2, 0.25) is 5.91 Å². The second-order valence-corrected chi connectivity index (χ2v) is 7.57. The van der Waals surface area contributed by atoms with Gasteiger partial charge < -0.3 is 20.2 Å². The average molecular weight is 357 g/mol. The number of nitrogens with one attached hydrogen (secondary N) is 1. The van der Waals surface area contributed by atoms with E-state index in [0.29, 0.717) is 29.4 Å². The van der Waals surface area contributed by atoms with Gasteiger partial charge in [0.15, 0.2) is 5.96 Å². The van der Waals surface area contributed by atoms with E-state index in [1.165, 1.54) is 11.3 Å². The van der Waals surface area contributed by atoms with Crippen LogP contribution in [0.3, 0.4) is 0 Å². The Bertz CT molecular complexity index is 602. The quantitative estimate of drug-likeness (QED) is 0.630. The number of carbonyl (C=O) groups is 1. The molecule has 6 nitrogen and oxygen atoms in total. The largest absolute Gasteiger partial charge is 0.386 e. The van der Waals surface area contributed by atoms with E-state index in [1.807, 2.05) is 15.9 Å². The molecule has 0 aromatic carbocycles. The van der Waals surface area contributed by atoms with Gasteiger partial charge in [-0.2, -0.15) is 0 Å². The van der Waals surface area contributed by atoms with Crippen LogP contribution in [0, 0.1) is 0 Å². The molecule has 2 heterocycles. The first-order valence-corrected chi connectivity index (χ1v) is 8.96. The molecule has 2 fully saturated rings. The zero-order valence-corrected chi connectivity index (χ0v) is 14.6. The summed E-state index contributed by atoms with van der Waals surface area (Å²) in [4.78, 5) is 21.2. The van der Waals surface area contributed by atoms with Gasteiger partial charge in [0.25, 0.3) is 0 Å². The number of thiophene rings is 1. The van der Waals surface area contributed by atoms with Crippen molar-refractivity contribution in [3.05, 3.63) is 21.3 Å². The van der Waals surface area contributed by atoms with Gasteiger partial charge in [-0.15, -0.1) is 11.3 Å². The van der Waals surface area contributed by atoms with Crippen LogP contribution in [-0.2, 0) is 4.79 Å². The lowest BCUT2D eigenvalue weighted by Crippen LogP contribution is -2.56. The minimum Gasteiger partial charge on any atom is -0.386 e. The van der Waals surface area contributed by atoms with Gasteiger partial charge in [0, 0.05) is 37.6 Å². The molecule has 1 aromatic rings. The number of amides is 1. The van der Waals surface area contributed by atoms with E-state index >= 15 is 0 Å². The van der Waals surface area contributed by atoms with Crippen molar-refractivity contribution in [1.82, 2.24) is 15.1 Å². The van der Waals surface area contributed by atoms with E-state index in [9.17, 15) is 9.90 Å². The van der Waals surface area contributed by atoms with Gasteiger partial charge in [-0.05, 0) is 25.0 Å². The summed E-state index contributed by atoms with van der Waals surface area (Å²) in [7, 11) is 1.69. The van der Waals surface area contributed by atoms with Crippen molar-refractivity contribution in [3.63, 3.8) is 0 Å². The fourth-order valence-electron chi connectivity index (χ4n) is 2.77. The van der Waals surface area contributed by atoms with E-state index < -0.39 is 6.10 Å². The molecule has 0 spiro atoms. The molecule has 23 heavy (non-hydrogen) atoms. The molecule has 2 N–H and O–H groups in total. The summed E-state index contributed by atoms with van der Waals surface area (Å²) in [6, 6.07) is 4.06. The Hall–Kier alpha value is -1.31. The summed E-state index contributed by atoms with van der Waals surface area (Å²) >= 11 is 7.25. The van der Waals surface area contributed by atoms with Gasteiger partial charge in [0.1, 0.15) is 6.10 Å². The molecule has 1 saturated heterocycles. The zero-order valence-electron chi connectivity index (χ0n) is 13.0. The number of aliphatic hydroxyl groups is 1. The summed E-state index contributed by atoms with van der Waals surface area (Å²) in [5.74, 6) is 0.808. The fourth-order valence-corrected chi connectivity index (χ4v) is 3.81. The first kappa shape index (κ1) is 16.5. The Morgan fingerprint density at radius 3 is 2.87 bits per heavy atom. The van der Waals surface area contributed by atoms with Crippen LogP contribution in [0.5, 0.6) is 0 Å². The lowest BCUT2D eigenvalue weighted by Gasteiger charge is -2.36. The van der Waals surface area contributed by atoms with E-state index in [4.69, 9.17) is 11.6 Å². The molecule has 1 aliphatic carbocycles. The van der Waals surface area contributed by atoms with Crippen molar-refractivity contribution in [1.29, 1.82) is 0 Å². The van der Waals surface area contributed by atoms with Crippen molar-refractivity contribution >= 4 is 34.8 Å². The molecule has 126 valence electrons. The third-order valence-electron chi connectivity index (χ3n) is 4.13. The topological polar surface area (TPSA) is 68.2 Å². The summed E-state index contributed by atoms with van der Waals surface area (Å²) in [5, 5.41) is 13.3. The van der Waals surface area contributed by atoms with Crippen molar-refractivity contribution in [2.75, 3.05) is 33.2 Å². The standard InChI is InChI=1S/C15H21ClN4O2S/c1-17-15(18-8-11(21)12-4-5-13(16)23-12)19-6-7-20(10-2-3-10)14(22)9-19/h4-5,10-11,21H,2-3,6-9H2,1H3,(H,17,18). The molecule has 1 aliphatic heterocycles. The van der Waals surface area contributed by atoms with Crippen molar-refractivity contribution in [3.8, 4) is 0 Å². The van der Waals surface area contributed by atoms with Crippen LogP contribution in [0.4, 0.5) is 0 Å². The minimum atomic E-state index is -0.646. The van der Waals surface area contributed by atoms with Crippen molar-refractivity contribution in [2.45, 2.75) is 25.0 Å². The molecule has 1 amide bonds. The molecule has 0 bridgehead atoms. The Morgan fingerprint density at radius 2 is 2.30 bits per heavy atom. The minimum absolute atomic E-state index is 0.160. The Kier molecular flexibility index (Phi) is 5.08. The lowest BCUT2D eigenvalue weighted by molar-refractivity contribution is -0.135. The lowest BCUT2D eigenvalue weighted by atomic mass is 10.3. The molecule has 1 atom stereocenters. The molecule has 2 aliphatic rings. The number of hydrogen-bond acceptors (Lipinski definition) is 4. The molecule has 1 saturated carbocycles. The predicted molar refractivity (Wildman–Crippen MR) is 92.0 cm³/mol. The van der Waals surface area contributed by atoms with Crippen LogP contribution < -0.4 is 5.32 Å². The molecule has 1 aromatic heterocycles. The van der Waals surface area contributed by atoms with Crippen LogP contribution in [0.1, 0.15) is 23.8 Å². The van der Waals surface area contributed by atoms with Crippen LogP contribution in [0.2, 0.25) is 4.34 Å². The molecule has 8 heteroatoms. The van der Waals surface area contributed by atoms with E-state index in [1.54, 1.807) is 13.1 Å². The van der Waals surface area contributed by atoms with Crippen LogP contribution in [0.15, 0.2) is 17.1 Å². The second kappa shape index (κ2) is 7.07. The summed E-state index contributed by atoms with van der Waals surface area (Å²) in [6.07, 6.45) is 1.62. The number of hydrogen-bond donors (Lipinski definition) is 2. The smallest absolute Gasteiger partial charge is 0.242 e. The van der Waals surface area contributed by atoms with Gasteiger partial charge >= 0.3 is 0 Å². The van der Waals surface area contributed by atoms with Gasteiger partial charge in [0.05, 0.1) is 10.9 Å². The number of guanidine groups is 1. The highest BCUT2D eigenvalue weighted by Gasteiger charge is 2.36. The maximum Gasteiger partial charge on any atom is 0.242 e. The van der Waals surface area contributed by atoms with E-state index in [2.05, 4.69) is 10.3 Å². The van der Waals surface area contributed by atoms with Gasteiger partial charge in [-0.25, -0.2) is 0 Å². The molecule has 1 unspecified atom stereocenters. The predicted octanol–water partition coefficient (Wildman–Crippen LogP) is 1.32. The van der Waals surface area contributed by atoms with Gasteiger partial charge in [-0.1, -0.05) is 11.6 Å². The summed E-state index contributed by atoms with van der Waals surface area (Å²) in [5.41, 5.74) is 0. The summed E-state index contributed by atoms with van der Waals surface area (Å²) in [6.45, 7) is 2.19. The number of nitrogens with zero attached hydrogens (tertiary/aromatic N) is 3. The molecule has 0 radical (unpaired) electrons. The summed E-state index contributed by atoms with van der Waals surface area (Å²) < 4.78 is 0.658. The normalized spacial score (nSPS) is 20.8. The second-order valence-electron chi connectivity index (χ2n) is 5.83.